The summed E-state index contributed by atoms with van der Waals surface area (Å²) in [5, 5.41) is 0.690. The van der Waals surface area contributed by atoms with Crippen molar-refractivity contribution in [1.82, 2.24) is 8.87 Å². The average Bonchev–Trinajstić information content (AvgIpc) is 3.15. The maximum atomic E-state index is 12.2. The van der Waals surface area contributed by atoms with Crippen molar-refractivity contribution >= 4 is 32.9 Å². The first-order valence-electron chi connectivity index (χ1n) is 9.71. The molecule has 0 saturated heterocycles. The lowest BCUT2D eigenvalue weighted by atomic mass is 10.2. The Labute approximate surface area is 186 Å². The molecule has 0 saturated carbocycles. The van der Waals surface area contributed by atoms with E-state index in [-0.39, 0.29) is 24.7 Å². The number of aromatic nitrogens is 1. The molecule has 2 aromatic carbocycles. The van der Waals surface area contributed by atoms with Crippen LogP contribution in [0.2, 0.25) is 0 Å². The molecule has 170 valence electrons. The van der Waals surface area contributed by atoms with Gasteiger partial charge in [-0.05, 0) is 30.3 Å². The molecule has 9 nitrogen and oxygen atoms in total. The second-order valence-electron chi connectivity index (χ2n) is 7.01. The molecule has 0 spiro atoms. The monoisotopic (exact) mass is 460 g/mol. The van der Waals surface area contributed by atoms with Gasteiger partial charge in [0.25, 0.3) is 0 Å². The minimum atomic E-state index is -3.50. The summed E-state index contributed by atoms with van der Waals surface area (Å²) in [7, 11) is 0.718. The Morgan fingerprint density at radius 1 is 1.00 bits per heavy atom. The standard InChI is InChI=1S/C22H24N2O7S/c1-23(2)32(27,28)17-10-8-16(9-11-17)30-12-13-31-21(25)15-24-14-19(22(26)29-3)18-6-4-5-7-20(18)24/h4-11,14H,12-13,15H2,1-3H3. The quantitative estimate of drug-likeness (QED) is 0.356. The van der Waals surface area contributed by atoms with E-state index in [9.17, 15) is 18.0 Å². The molecule has 0 atom stereocenters. The molecule has 0 aliphatic carbocycles. The zero-order chi connectivity index (χ0) is 23.3. The molecule has 0 bridgehead atoms. The maximum Gasteiger partial charge on any atom is 0.340 e. The fraction of sp³-hybridized carbons (Fsp3) is 0.273. The van der Waals surface area contributed by atoms with E-state index in [0.717, 1.165) is 4.31 Å². The molecular formula is C22H24N2O7S. The summed E-state index contributed by atoms with van der Waals surface area (Å²) in [4.78, 5) is 24.4. The highest BCUT2D eigenvalue weighted by molar-refractivity contribution is 7.89. The average molecular weight is 461 g/mol. The Morgan fingerprint density at radius 2 is 1.69 bits per heavy atom. The van der Waals surface area contributed by atoms with Gasteiger partial charge in [0.2, 0.25) is 10.0 Å². The fourth-order valence-electron chi connectivity index (χ4n) is 3.07. The van der Waals surface area contributed by atoms with Crippen molar-refractivity contribution in [3.63, 3.8) is 0 Å². The van der Waals surface area contributed by atoms with Gasteiger partial charge >= 0.3 is 11.9 Å². The topological polar surface area (TPSA) is 104 Å². The van der Waals surface area contributed by atoms with Crippen molar-refractivity contribution in [3.05, 3.63) is 60.3 Å². The third-order valence-corrected chi connectivity index (χ3v) is 6.54. The van der Waals surface area contributed by atoms with Crippen molar-refractivity contribution in [2.24, 2.45) is 0 Å². The second-order valence-corrected chi connectivity index (χ2v) is 9.16. The third-order valence-electron chi connectivity index (χ3n) is 4.71. The lowest BCUT2D eigenvalue weighted by Gasteiger charge is -2.12. The van der Waals surface area contributed by atoms with Gasteiger partial charge in [-0.3, -0.25) is 4.79 Å². The number of nitrogens with zero attached hydrogens (tertiary/aromatic N) is 2. The Hall–Kier alpha value is -3.37. The SMILES string of the molecule is COC(=O)c1cn(CC(=O)OCCOc2ccc(S(=O)(=O)N(C)C)cc2)c2ccccc12. The van der Waals surface area contributed by atoms with Gasteiger partial charge in [-0.15, -0.1) is 0 Å². The molecule has 0 N–H and O–H groups in total. The summed E-state index contributed by atoms with van der Waals surface area (Å²) in [5.74, 6) is -0.512. The van der Waals surface area contributed by atoms with Crippen LogP contribution in [-0.2, 0) is 30.8 Å². The Morgan fingerprint density at radius 3 is 2.34 bits per heavy atom. The first-order valence-corrected chi connectivity index (χ1v) is 11.1. The molecule has 0 radical (unpaired) electrons. The minimum absolute atomic E-state index is 0.0135. The number of fused-ring (bicyclic) bond motifs is 1. The van der Waals surface area contributed by atoms with Crippen LogP contribution in [-0.4, -0.2) is 63.6 Å². The van der Waals surface area contributed by atoms with Crippen LogP contribution in [0.5, 0.6) is 5.75 Å². The third kappa shape index (κ3) is 5.09. The first kappa shape index (κ1) is 23.3. The van der Waals surface area contributed by atoms with Crippen LogP contribution in [0.25, 0.3) is 10.9 Å². The van der Waals surface area contributed by atoms with Crippen LogP contribution < -0.4 is 4.74 Å². The number of sulfonamides is 1. The Balaban J connectivity index is 1.54. The van der Waals surface area contributed by atoms with Crippen LogP contribution in [0.15, 0.2) is 59.6 Å². The van der Waals surface area contributed by atoms with Crippen LogP contribution in [0.1, 0.15) is 10.4 Å². The number of benzene rings is 2. The molecule has 0 amide bonds. The van der Waals surface area contributed by atoms with Crippen molar-refractivity contribution in [1.29, 1.82) is 0 Å². The Bertz CT molecular complexity index is 1210. The van der Waals surface area contributed by atoms with E-state index in [1.54, 1.807) is 41.1 Å². The number of methoxy groups -OCH3 is 1. The van der Waals surface area contributed by atoms with E-state index in [2.05, 4.69) is 0 Å². The van der Waals surface area contributed by atoms with Crippen molar-refractivity contribution in [2.45, 2.75) is 11.4 Å². The fourth-order valence-corrected chi connectivity index (χ4v) is 3.97. The van der Waals surface area contributed by atoms with E-state index < -0.39 is 22.0 Å². The van der Waals surface area contributed by atoms with E-state index in [0.29, 0.717) is 22.2 Å². The zero-order valence-corrected chi connectivity index (χ0v) is 18.8. The van der Waals surface area contributed by atoms with Crippen molar-refractivity contribution in [3.8, 4) is 5.75 Å². The molecule has 0 aliphatic heterocycles. The predicted octanol–water partition coefficient (Wildman–Crippen LogP) is 2.30. The number of hydrogen-bond acceptors (Lipinski definition) is 7. The summed E-state index contributed by atoms with van der Waals surface area (Å²) >= 11 is 0. The number of rotatable bonds is 9. The van der Waals surface area contributed by atoms with E-state index in [1.807, 2.05) is 6.07 Å². The smallest absolute Gasteiger partial charge is 0.340 e. The van der Waals surface area contributed by atoms with Gasteiger partial charge in [-0.1, -0.05) is 18.2 Å². The van der Waals surface area contributed by atoms with Crippen molar-refractivity contribution in [2.75, 3.05) is 34.4 Å². The highest BCUT2D eigenvalue weighted by Crippen LogP contribution is 2.22. The molecule has 0 unspecified atom stereocenters. The molecule has 1 heterocycles. The number of carbonyl (C=O) groups is 2. The van der Waals surface area contributed by atoms with Crippen LogP contribution in [0, 0.1) is 0 Å². The molecule has 0 fully saturated rings. The van der Waals surface area contributed by atoms with Gasteiger partial charge in [-0.2, -0.15) is 0 Å². The van der Waals surface area contributed by atoms with E-state index in [4.69, 9.17) is 14.2 Å². The van der Waals surface area contributed by atoms with Crippen LogP contribution >= 0.6 is 0 Å². The van der Waals surface area contributed by atoms with Crippen LogP contribution in [0.4, 0.5) is 0 Å². The molecule has 0 aliphatic rings. The predicted molar refractivity (Wildman–Crippen MR) is 117 cm³/mol. The lowest BCUT2D eigenvalue weighted by molar-refractivity contribution is -0.145. The Kier molecular flexibility index (Phi) is 7.16. The van der Waals surface area contributed by atoms with Crippen molar-refractivity contribution < 1.29 is 32.2 Å². The molecule has 1 aromatic heterocycles. The summed E-state index contributed by atoms with van der Waals surface area (Å²) in [6.07, 6.45) is 1.57. The summed E-state index contributed by atoms with van der Waals surface area (Å²) in [5.41, 5.74) is 1.09. The second kappa shape index (κ2) is 9.84. The van der Waals surface area contributed by atoms with Crippen LogP contribution in [0.3, 0.4) is 0 Å². The normalized spacial score (nSPS) is 11.5. The number of ether oxygens (including phenoxy) is 3. The number of esters is 2. The number of para-hydroxylation sites is 1. The highest BCUT2D eigenvalue weighted by atomic mass is 32.2. The highest BCUT2D eigenvalue weighted by Gasteiger charge is 2.18. The summed E-state index contributed by atoms with van der Waals surface area (Å²) < 4.78 is 42.4. The van der Waals surface area contributed by atoms with E-state index >= 15 is 0 Å². The van der Waals surface area contributed by atoms with Gasteiger partial charge in [0.05, 0.1) is 17.6 Å². The largest absolute Gasteiger partial charge is 0.490 e. The molecule has 32 heavy (non-hydrogen) atoms. The summed E-state index contributed by atoms with van der Waals surface area (Å²) in [6, 6.07) is 13.2. The van der Waals surface area contributed by atoms with Gasteiger partial charge in [0.1, 0.15) is 25.5 Å². The lowest BCUT2D eigenvalue weighted by Crippen LogP contribution is -2.22. The van der Waals surface area contributed by atoms with Gasteiger partial charge < -0.3 is 18.8 Å². The first-order chi connectivity index (χ1) is 15.2. The van der Waals surface area contributed by atoms with Gasteiger partial charge in [-0.25, -0.2) is 17.5 Å². The van der Waals surface area contributed by atoms with E-state index in [1.165, 1.54) is 33.3 Å². The minimum Gasteiger partial charge on any atom is -0.490 e. The van der Waals surface area contributed by atoms with Gasteiger partial charge in [0.15, 0.2) is 0 Å². The maximum absolute atomic E-state index is 12.2. The molecular weight excluding hydrogens is 436 g/mol. The molecule has 3 rings (SSSR count). The summed E-state index contributed by atoms with van der Waals surface area (Å²) in [6.45, 7) is 0.0413. The molecule has 10 heteroatoms. The molecule has 3 aromatic rings. The number of carbonyl (C=O) groups excluding carboxylic acids is 2. The zero-order valence-electron chi connectivity index (χ0n) is 18.0. The number of hydrogen-bond donors (Lipinski definition) is 0. The van der Waals surface area contributed by atoms with Gasteiger partial charge in [0, 0.05) is 31.2 Å².